The second kappa shape index (κ2) is 2.62. The van der Waals surface area contributed by atoms with Crippen LogP contribution in [-0.2, 0) is 6.42 Å². The minimum absolute atomic E-state index is 0.520. The van der Waals surface area contributed by atoms with Crippen molar-refractivity contribution in [2.75, 3.05) is 6.54 Å². The smallest absolute Gasteiger partial charge is 0.0479 e. The predicted molar refractivity (Wildman–Crippen MR) is 44.4 cm³/mol. The number of nitrogens with zero attached hydrogens (tertiary/aromatic N) is 1. The van der Waals surface area contributed by atoms with Crippen LogP contribution in [0, 0.1) is 0 Å². The van der Waals surface area contributed by atoms with E-state index in [1.54, 1.807) is 0 Å². The first-order valence-corrected chi connectivity index (χ1v) is 4.05. The molecule has 0 saturated heterocycles. The van der Waals surface area contributed by atoms with Crippen LogP contribution in [0.25, 0.3) is 0 Å². The monoisotopic (exact) mass is 148 g/mol. The molecule has 2 N–H and O–H groups in total. The highest BCUT2D eigenvalue weighted by Crippen LogP contribution is 2.29. The Morgan fingerprint density at radius 1 is 1.64 bits per heavy atom. The van der Waals surface area contributed by atoms with Gasteiger partial charge in [0, 0.05) is 24.4 Å². The zero-order valence-corrected chi connectivity index (χ0v) is 6.46. The van der Waals surface area contributed by atoms with E-state index in [0.717, 1.165) is 13.0 Å². The number of rotatable bonds is 1. The van der Waals surface area contributed by atoms with E-state index in [0.29, 0.717) is 5.92 Å². The zero-order valence-electron chi connectivity index (χ0n) is 6.46. The first kappa shape index (κ1) is 6.80. The molecule has 1 aromatic heterocycles. The van der Waals surface area contributed by atoms with Gasteiger partial charge in [0.15, 0.2) is 0 Å². The number of fused-ring (bicyclic) bond motifs is 1. The summed E-state index contributed by atoms with van der Waals surface area (Å²) in [7, 11) is 0. The van der Waals surface area contributed by atoms with Crippen molar-refractivity contribution in [3.63, 3.8) is 0 Å². The summed E-state index contributed by atoms with van der Waals surface area (Å²) in [4.78, 5) is 4.33. The van der Waals surface area contributed by atoms with Crippen molar-refractivity contribution < 1.29 is 0 Å². The number of aryl methyl sites for hydroxylation is 1. The van der Waals surface area contributed by atoms with Gasteiger partial charge in [-0.2, -0.15) is 0 Å². The van der Waals surface area contributed by atoms with Crippen LogP contribution in [-0.4, -0.2) is 11.5 Å². The van der Waals surface area contributed by atoms with Crippen molar-refractivity contribution in [3.8, 4) is 0 Å². The molecule has 1 aliphatic rings. The summed E-state index contributed by atoms with van der Waals surface area (Å²) < 4.78 is 0. The summed E-state index contributed by atoms with van der Waals surface area (Å²) in [5.74, 6) is 0.520. The molecular formula is C9H12N2. The molecule has 0 radical (unpaired) electrons. The van der Waals surface area contributed by atoms with Gasteiger partial charge in [-0.3, -0.25) is 4.98 Å². The van der Waals surface area contributed by atoms with E-state index in [9.17, 15) is 0 Å². The van der Waals surface area contributed by atoms with Gasteiger partial charge in [-0.1, -0.05) is 6.07 Å². The summed E-state index contributed by atoms with van der Waals surface area (Å²) in [6, 6.07) is 4.15. The molecule has 1 heterocycles. The molecule has 0 fully saturated rings. The van der Waals surface area contributed by atoms with Gasteiger partial charge in [-0.05, 0) is 24.5 Å². The van der Waals surface area contributed by atoms with Gasteiger partial charge in [-0.25, -0.2) is 0 Å². The molecule has 2 heteroatoms. The Hall–Kier alpha value is -0.890. The lowest BCUT2D eigenvalue weighted by atomic mass is 10.1. The van der Waals surface area contributed by atoms with E-state index in [-0.39, 0.29) is 0 Å². The van der Waals surface area contributed by atoms with Crippen molar-refractivity contribution >= 4 is 0 Å². The molecular weight excluding hydrogens is 136 g/mol. The van der Waals surface area contributed by atoms with Crippen LogP contribution < -0.4 is 5.73 Å². The van der Waals surface area contributed by atoms with Gasteiger partial charge >= 0.3 is 0 Å². The zero-order chi connectivity index (χ0) is 7.68. The van der Waals surface area contributed by atoms with Crippen LogP contribution in [0.3, 0.4) is 0 Å². The standard InChI is InChI=1S/C9H12N2/c10-6-8-4-3-7-2-1-5-11-9(7)8/h1-2,5,8H,3-4,6,10H2/t8-/m0/s1. The normalized spacial score (nSPS) is 21.7. The Kier molecular flexibility index (Phi) is 1.62. The van der Waals surface area contributed by atoms with Crippen molar-refractivity contribution in [1.82, 2.24) is 4.98 Å². The summed E-state index contributed by atoms with van der Waals surface area (Å²) >= 11 is 0. The summed E-state index contributed by atoms with van der Waals surface area (Å²) in [6.07, 6.45) is 4.20. The summed E-state index contributed by atoms with van der Waals surface area (Å²) in [6.45, 7) is 0.740. The molecule has 0 saturated carbocycles. The van der Waals surface area contributed by atoms with Crippen LogP contribution >= 0.6 is 0 Å². The van der Waals surface area contributed by atoms with E-state index in [1.807, 2.05) is 12.3 Å². The fourth-order valence-corrected chi connectivity index (χ4v) is 1.73. The molecule has 0 unspecified atom stereocenters. The Bertz CT molecular complexity index is 257. The molecule has 0 aliphatic heterocycles. The van der Waals surface area contributed by atoms with Crippen molar-refractivity contribution in [2.45, 2.75) is 18.8 Å². The Balaban J connectivity index is 2.39. The van der Waals surface area contributed by atoms with E-state index < -0.39 is 0 Å². The third-order valence-electron chi connectivity index (χ3n) is 2.36. The molecule has 1 aliphatic carbocycles. The molecule has 2 rings (SSSR count). The molecule has 0 aromatic carbocycles. The van der Waals surface area contributed by atoms with Gasteiger partial charge in [-0.15, -0.1) is 0 Å². The minimum Gasteiger partial charge on any atom is -0.330 e. The molecule has 58 valence electrons. The van der Waals surface area contributed by atoms with Gasteiger partial charge in [0.05, 0.1) is 0 Å². The van der Waals surface area contributed by atoms with E-state index in [2.05, 4.69) is 11.1 Å². The Morgan fingerprint density at radius 3 is 3.36 bits per heavy atom. The quantitative estimate of drug-likeness (QED) is 0.647. The first-order valence-electron chi connectivity index (χ1n) is 4.05. The molecule has 1 atom stereocenters. The number of hydrogen-bond acceptors (Lipinski definition) is 2. The third-order valence-corrected chi connectivity index (χ3v) is 2.36. The molecule has 1 aromatic rings. The number of nitrogens with two attached hydrogens (primary N) is 1. The van der Waals surface area contributed by atoms with Gasteiger partial charge in [0.25, 0.3) is 0 Å². The summed E-state index contributed by atoms with van der Waals surface area (Å²) in [5, 5.41) is 0. The minimum atomic E-state index is 0.520. The predicted octanol–water partition coefficient (Wildman–Crippen LogP) is 1.07. The fraction of sp³-hybridized carbons (Fsp3) is 0.444. The lowest BCUT2D eigenvalue weighted by Crippen LogP contribution is -2.10. The molecule has 0 spiro atoms. The van der Waals surface area contributed by atoms with Crippen LogP contribution in [0.5, 0.6) is 0 Å². The lowest BCUT2D eigenvalue weighted by Gasteiger charge is -2.04. The second-order valence-corrected chi connectivity index (χ2v) is 3.02. The van der Waals surface area contributed by atoms with Crippen molar-refractivity contribution in [1.29, 1.82) is 0 Å². The van der Waals surface area contributed by atoms with E-state index in [4.69, 9.17) is 5.73 Å². The van der Waals surface area contributed by atoms with E-state index >= 15 is 0 Å². The van der Waals surface area contributed by atoms with Gasteiger partial charge in [0.1, 0.15) is 0 Å². The van der Waals surface area contributed by atoms with Gasteiger partial charge < -0.3 is 5.73 Å². The maximum atomic E-state index is 5.61. The first-order chi connectivity index (χ1) is 5.42. The third kappa shape index (κ3) is 1.03. The highest BCUT2D eigenvalue weighted by molar-refractivity contribution is 5.28. The molecule has 0 bridgehead atoms. The lowest BCUT2D eigenvalue weighted by molar-refractivity contribution is 0.674. The average Bonchev–Trinajstić information content (AvgIpc) is 2.47. The fourth-order valence-electron chi connectivity index (χ4n) is 1.73. The SMILES string of the molecule is NC[C@@H]1CCc2cccnc21. The number of aromatic nitrogens is 1. The Labute approximate surface area is 66.4 Å². The largest absolute Gasteiger partial charge is 0.330 e. The van der Waals surface area contributed by atoms with Crippen molar-refractivity contribution in [3.05, 3.63) is 29.6 Å². The second-order valence-electron chi connectivity index (χ2n) is 3.02. The average molecular weight is 148 g/mol. The maximum absolute atomic E-state index is 5.61. The topological polar surface area (TPSA) is 38.9 Å². The van der Waals surface area contributed by atoms with Crippen LogP contribution in [0.4, 0.5) is 0 Å². The Morgan fingerprint density at radius 2 is 2.55 bits per heavy atom. The molecule has 11 heavy (non-hydrogen) atoms. The number of hydrogen-bond donors (Lipinski definition) is 1. The maximum Gasteiger partial charge on any atom is 0.0479 e. The van der Waals surface area contributed by atoms with Crippen LogP contribution in [0.15, 0.2) is 18.3 Å². The summed E-state index contributed by atoms with van der Waals surface area (Å²) in [5.41, 5.74) is 8.23. The molecule has 0 amide bonds. The number of pyridine rings is 1. The highest BCUT2D eigenvalue weighted by atomic mass is 14.7. The van der Waals surface area contributed by atoms with Crippen LogP contribution in [0.2, 0.25) is 0 Å². The highest BCUT2D eigenvalue weighted by Gasteiger charge is 2.21. The van der Waals surface area contributed by atoms with Crippen molar-refractivity contribution in [2.24, 2.45) is 5.73 Å². The molecule has 2 nitrogen and oxygen atoms in total. The van der Waals surface area contributed by atoms with E-state index in [1.165, 1.54) is 17.7 Å². The van der Waals surface area contributed by atoms with Crippen LogP contribution in [0.1, 0.15) is 23.6 Å². The van der Waals surface area contributed by atoms with Gasteiger partial charge in [0.2, 0.25) is 0 Å².